The van der Waals surface area contributed by atoms with Crippen molar-refractivity contribution < 1.29 is 4.74 Å². The molecule has 1 aliphatic heterocycles. The number of nitrogens with one attached hydrogen (secondary N) is 1. The van der Waals surface area contributed by atoms with Crippen LogP contribution in [-0.4, -0.2) is 25.8 Å². The molecule has 2 nitrogen and oxygen atoms in total. The average Bonchev–Trinajstić information content (AvgIpc) is 2.18. The van der Waals surface area contributed by atoms with Crippen LogP contribution in [0.25, 0.3) is 0 Å². The monoisotopic (exact) mass is 195 g/mol. The molecule has 0 aromatic rings. The predicted molar refractivity (Wildman–Crippen MR) is 58.3 cm³/mol. The first-order valence-electron chi connectivity index (χ1n) is 5.67. The zero-order chi connectivity index (χ0) is 10.0. The molecule has 14 heavy (non-hydrogen) atoms. The van der Waals surface area contributed by atoms with Gasteiger partial charge in [-0.15, -0.1) is 0 Å². The summed E-state index contributed by atoms with van der Waals surface area (Å²) in [5.41, 5.74) is 2.05. The Balaban J connectivity index is 1.74. The first-order valence-corrected chi connectivity index (χ1v) is 5.67. The van der Waals surface area contributed by atoms with E-state index in [1.807, 2.05) is 0 Å². The minimum absolute atomic E-state index is 0.520. The molecular weight excluding hydrogens is 174 g/mol. The Labute approximate surface area is 86.7 Å². The number of hydrogen-bond donors (Lipinski definition) is 1. The first kappa shape index (κ1) is 10.2. The molecule has 1 saturated carbocycles. The Morgan fingerprint density at radius 1 is 1.57 bits per heavy atom. The van der Waals surface area contributed by atoms with Crippen molar-refractivity contribution in [3.8, 4) is 0 Å². The van der Waals surface area contributed by atoms with E-state index in [1.165, 1.54) is 18.4 Å². The minimum atomic E-state index is 0.520. The molecule has 1 atom stereocenters. The summed E-state index contributed by atoms with van der Waals surface area (Å²) in [7, 11) is 0. The van der Waals surface area contributed by atoms with Crippen LogP contribution in [0.2, 0.25) is 0 Å². The number of rotatable bonds is 3. The molecule has 1 unspecified atom stereocenters. The lowest BCUT2D eigenvalue weighted by molar-refractivity contribution is 0.110. The standard InChI is InChI=1S/C12H21NO/c1-12(2)6-3-11(12)13-9-10-4-7-14-8-5-10/h4,11,13H,3,5-9H2,1-2H3. The SMILES string of the molecule is CC1(C)CCC1NCC1=CCOCC1. The van der Waals surface area contributed by atoms with Crippen molar-refractivity contribution in [3.05, 3.63) is 11.6 Å². The second-order valence-corrected chi connectivity index (χ2v) is 5.15. The smallest absolute Gasteiger partial charge is 0.0650 e. The van der Waals surface area contributed by atoms with Crippen LogP contribution in [0, 0.1) is 5.41 Å². The van der Waals surface area contributed by atoms with Gasteiger partial charge in [0.15, 0.2) is 0 Å². The molecule has 0 bridgehead atoms. The van der Waals surface area contributed by atoms with E-state index < -0.39 is 0 Å². The quantitative estimate of drug-likeness (QED) is 0.696. The second-order valence-electron chi connectivity index (χ2n) is 5.15. The summed E-state index contributed by atoms with van der Waals surface area (Å²) in [6.45, 7) is 7.49. The molecule has 80 valence electrons. The van der Waals surface area contributed by atoms with Crippen molar-refractivity contribution in [1.82, 2.24) is 5.32 Å². The lowest BCUT2D eigenvalue weighted by atomic mass is 9.67. The Bertz CT molecular complexity index is 232. The third-order valence-electron chi connectivity index (χ3n) is 3.65. The van der Waals surface area contributed by atoms with Gasteiger partial charge >= 0.3 is 0 Å². The minimum Gasteiger partial charge on any atom is -0.377 e. The number of ether oxygens (including phenoxy) is 1. The first-order chi connectivity index (χ1) is 6.68. The van der Waals surface area contributed by atoms with Gasteiger partial charge < -0.3 is 10.1 Å². The highest BCUT2D eigenvalue weighted by Crippen LogP contribution is 2.39. The van der Waals surface area contributed by atoms with Gasteiger partial charge in [-0.05, 0) is 24.7 Å². The fourth-order valence-electron chi connectivity index (χ4n) is 2.22. The molecule has 1 N–H and O–H groups in total. The van der Waals surface area contributed by atoms with Crippen LogP contribution >= 0.6 is 0 Å². The van der Waals surface area contributed by atoms with Crippen LogP contribution in [0.3, 0.4) is 0 Å². The maximum atomic E-state index is 5.28. The summed E-state index contributed by atoms with van der Waals surface area (Å²) >= 11 is 0. The van der Waals surface area contributed by atoms with Crippen LogP contribution in [0.4, 0.5) is 0 Å². The Kier molecular flexibility index (Phi) is 2.93. The Hall–Kier alpha value is -0.340. The lowest BCUT2D eigenvalue weighted by Gasteiger charge is -2.45. The zero-order valence-corrected chi connectivity index (χ0v) is 9.31. The molecule has 0 aromatic carbocycles. The molecule has 2 heteroatoms. The Morgan fingerprint density at radius 3 is 2.93 bits per heavy atom. The van der Waals surface area contributed by atoms with Crippen LogP contribution in [-0.2, 0) is 4.74 Å². The van der Waals surface area contributed by atoms with Crippen molar-refractivity contribution >= 4 is 0 Å². The predicted octanol–water partition coefficient (Wildman–Crippen LogP) is 2.11. The normalized spacial score (nSPS) is 30.7. The molecule has 0 amide bonds. The van der Waals surface area contributed by atoms with E-state index in [-0.39, 0.29) is 0 Å². The molecular formula is C12H21NO. The van der Waals surface area contributed by atoms with Crippen molar-refractivity contribution in [1.29, 1.82) is 0 Å². The average molecular weight is 195 g/mol. The van der Waals surface area contributed by atoms with Gasteiger partial charge in [0.05, 0.1) is 13.2 Å². The lowest BCUT2D eigenvalue weighted by Crippen LogP contribution is -2.50. The second kappa shape index (κ2) is 4.03. The topological polar surface area (TPSA) is 21.3 Å². The van der Waals surface area contributed by atoms with E-state index >= 15 is 0 Å². The molecule has 0 aromatic heterocycles. The van der Waals surface area contributed by atoms with Crippen LogP contribution in [0.1, 0.15) is 33.1 Å². The molecule has 1 fully saturated rings. The number of hydrogen-bond acceptors (Lipinski definition) is 2. The van der Waals surface area contributed by atoms with Gasteiger partial charge in [0.25, 0.3) is 0 Å². The molecule has 2 rings (SSSR count). The van der Waals surface area contributed by atoms with E-state index in [2.05, 4.69) is 25.2 Å². The van der Waals surface area contributed by atoms with Crippen LogP contribution in [0.15, 0.2) is 11.6 Å². The van der Waals surface area contributed by atoms with Gasteiger partial charge in [0.1, 0.15) is 0 Å². The van der Waals surface area contributed by atoms with Gasteiger partial charge in [-0.2, -0.15) is 0 Å². The van der Waals surface area contributed by atoms with E-state index in [0.29, 0.717) is 5.41 Å². The van der Waals surface area contributed by atoms with Crippen LogP contribution in [0.5, 0.6) is 0 Å². The summed E-state index contributed by atoms with van der Waals surface area (Å²) in [6.07, 6.45) is 6.05. The largest absolute Gasteiger partial charge is 0.377 e. The summed E-state index contributed by atoms with van der Waals surface area (Å²) in [5, 5.41) is 3.66. The van der Waals surface area contributed by atoms with E-state index in [1.54, 1.807) is 0 Å². The summed E-state index contributed by atoms with van der Waals surface area (Å²) in [6, 6.07) is 0.728. The van der Waals surface area contributed by atoms with Crippen molar-refractivity contribution in [2.24, 2.45) is 5.41 Å². The van der Waals surface area contributed by atoms with Crippen molar-refractivity contribution in [2.75, 3.05) is 19.8 Å². The third-order valence-corrected chi connectivity index (χ3v) is 3.65. The highest BCUT2D eigenvalue weighted by Gasteiger charge is 2.37. The van der Waals surface area contributed by atoms with E-state index in [0.717, 1.165) is 32.2 Å². The molecule has 0 saturated heterocycles. The fourth-order valence-corrected chi connectivity index (χ4v) is 2.22. The van der Waals surface area contributed by atoms with E-state index in [9.17, 15) is 0 Å². The van der Waals surface area contributed by atoms with Gasteiger partial charge in [-0.25, -0.2) is 0 Å². The maximum Gasteiger partial charge on any atom is 0.0650 e. The molecule has 0 radical (unpaired) electrons. The van der Waals surface area contributed by atoms with Gasteiger partial charge in [-0.1, -0.05) is 25.5 Å². The highest BCUT2D eigenvalue weighted by atomic mass is 16.5. The summed E-state index contributed by atoms with van der Waals surface area (Å²) < 4.78 is 5.28. The highest BCUT2D eigenvalue weighted by molar-refractivity contribution is 5.08. The van der Waals surface area contributed by atoms with Gasteiger partial charge in [0, 0.05) is 12.6 Å². The summed E-state index contributed by atoms with van der Waals surface area (Å²) in [5.74, 6) is 0. The van der Waals surface area contributed by atoms with Gasteiger partial charge in [-0.3, -0.25) is 0 Å². The maximum absolute atomic E-state index is 5.28. The van der Waals surface area contributed by atoms with E-state index in [4.69, 9.17) is 4.74 Å². The molecule has 2 aliphatic rings. The molecule has 1 aliphatic carbocycles. The van der Waals surface area contributed by atoms with Gasteiger partial charge in [0.2, 0.25) is 0 Å². The zero-order valence-electron chi connectivity index (χ0n) is 9.31. The van der Waals surface area contributed by atoms with Crippen molar-refractivity contribution in [2.45, 2.75) is 39.2 Å². The molecule has 0 spiro atoms. The van der Waals surface area contributed by atoms with Crippen LogP contribution < -0.4 is 5.32 Å². The van der Waals surface area contributed by atoms with Crippen molar-refractivity contribution in [3.63, 3.8) is 0 Å². The fraction of sp³-hybridized carbons (Fsp3) is 0.833. The third kappa shape index (κ3) is 2.18. The molecule has 1 heterocycles. The Morgan fingerprint density at radius 2 is 2.43 bits per heavy atom. The summed E-state index contributed by atoms with van der Waals surface area (Å²) in [4.78, 5) is 0.